The smallest absolute Gasteiger partial charge is 0.307 e. The van der Waals surface area contributed by atoms with Crippen LogP contribution in [0.3, 0.4) is 0 Å². The Kier molecular flexibility index (Phi) is 6.03. The predicted octanol–water partition coefficient (Wildman–Crippen LogP) is 1.70. The van der Waals surface area contributed by atoms with Gasteiger partial charge < -0.3 is 15.4 Å². The number of carbonyl (C=O) groups excluding carboxylic acids is 2. The molecule has 0 spiro atoms. The third-order valence-corrected chi connectivity index (χ3v) is 5.07. The van der Waals surface area contributed by atoms with Crippen molar-refractivity contribution in [3.05, 3.63) is 0 Å². The van der Waals surface area contributed by atoms with Crippen molar-refractivity contribution < 1.29 is 14.3 Å². The number of methoxy groups -OCH3 is 1. The third kappa shape index (κ3) is 4.19. The Morgan fingerprint density at radius 3 is 2.48 bits per heavy atom. The molecule has 5 nitrogen and oxygen atoms in total. The van der Waals surface area contributed by atoms with Gasteiger partial charge in [-0.3, -0.25) is 9.59 Å². The van der Waals surface area contributed by atoms with E-state index >= 15 is 0 Å². The number of esters is 1. The van der Waals surface area contributed by atoms with Crippen LogP contribution in [0.2, 0.25) is 0 Å². The molecule has 2 N–H and O–H groups in total. The number of rotatable bonds is 4. The summed E-state index contributed by atoms with van der Waals surface area (Å²) < 4.78 is 4.76. The van der Waals surface area contributed by atoms with Crippen LogP contribution in [0, 0.1) is 11.8 Å². The van der Waals surface area contributed by atoms with E-state index in [-0.39, 0.29) is 23.8 Å². The van der Waals surface area contributed by atoms with E-state index in [0.29, 0.717) is 12.3 Å². The Bertz CT molecular complexity index is 365. The average molecular weight is 296 g/mol. The van der Waals surface area contributed by atoms with Gasteiger partial charge in [-0.15, -0.1) is 0 Å². The molecule has 1 saturated carbocycles. The number of hydrogen-bond donors (Lipinski definition) is 1. The van der Waals surface area contributed by atoms with Gasteiger partial charge in [0.05, 0.1) is 13.5 Å². The molecule has 0 radical (unpaired) electrons. The summed E-state index contributed by atoms with van der Waals surface area (Å²) in [6.07, 6.45) is 7.39. The molecular weight excluding hydrogens is 268 g/mol. The first-order valence-electron chi connectivity index (χ1n) is 8.23. The maximum Gasteiger partial charge on any atom is 0.307 e. The van der Waals surface area contributed by atoms with Gasteiger partial charge in [-0.1, -0.05) is 0 Å². The van der Waals surface area contributed by atoms with Crippen LogP contribution in [-0.4, -0.2) is 43.0 Å². The Morgan fingerprint density at radius 2 is 1.86 bits per heavy atom. The summed E-state index contributed by atoms with van der Waals surface area (Å²) in [6, 6.07) is 0.0333. The lowest BCUT2D eigenvalue weighted by molar-refractivity contribution is -0.146. The fourth-order valence-electron chi connectivity index (χ4n) is 3.66. The van der Waals surface area contributed by atoms with E-state index in [2.05, 4.69) is 0 Å². The summed E-state index contributed by atoms with van der Waals surface area (Å²) in [6.45, 7) is 1.52. The second-order valence-electron chi connectivity index (χ2n) is 6.41. The molecule has 0 aromatic carbocycles. The summed E-state index contributed by atoms with van der Waals surface area (Å²) in [7, 11) is 1.41. The topological polar surface area (TPSA) is 72.6 Å². The largest absolute Gasteiger partial charge is 0.469 e. The van der Waals surface area contributed by atoms with E-state index in [9.17, 15) is 9.59 Å². The molecule has 1 amide bonds. The Morgan fingerprint density at radius 1 is 1.14 bits per heavy atom. The van der Waals surface area contributed by atoms with Gasteiger partial charge in [0.25, 0.3) is 0 Å². The van der Waals surface area contributed by atoms with E-state index < -0.39 is 0 Å². The highest BCUT2D eigenvalue weighted by molar-refractivity contribution is 5.80. The molecule has 5 heteroatoms. The number of amides is 1. The van der Waals surface area contributed by atoms with Crippen molar-refractivity contribution in [2.45, 2.75) is 57.4 Å². The van der Waals surface area contributed by atoms with Gasteiger partial charge in [0, 0.05) is 18.5 Å². The van der Waals surface area contributed by atoms with Crippen LogP contribution in [-0.2, 0) is 14.3 Å². The first kappa shape index (κ1) is 16.3. The van der Waals surface area contributed by atoms with Gasteiger partial charge in [-0.2, -0.15) is 0 Å². The van der Waals surface area contributed by atoms with Crippen molar-refractivity contribution in [1.29, 1.82) is 0 Å². The normalized spacial score (nSPS) is 30.0. The molecule has 120 valence electrons. The monoisotopic (exact) mass is 296 g/mol. The molecule has 2 aliphatic rings. The molecule has 2 rings (SSSR count). The van der Waals surface area contributed by atoms with Crippen LogP contribution in [0.15, 0.2) is 0 Å². The van der Waals surface area contributed by atoms with E-state index in [1.807, 2.05) is 4.90 Å². The quantitative estimate of drug-likeness (QED) is 0.801. The highest BCUT2D eigenvalue weighted by atomic mass is 16.5. The fraction of sp³-hybridized carbons (Fsp3) is 0.875. The zero-order valence-electron chi connectivity index (χ0n) is 13.1. The molecule has 1 heterocycles. The van der Waals surface area contributed by atoms with Crippen molar-refractivity contribution in [2.24, 2.45) is 17.6 Å². The molecule has 0 aromatic rings. The van der Waals surface area contributed by atoms with Crippen LogP contribution in [0.5, 0.6) is 0 Å². The zero-order chi connectivity index (χ0) is 15.2. The summed E-state index contributed by atoms with van der Waals surface area (Å²) >= 11 is 0. The number of nitrogens with zero attached hydrogens (tertiary/aromatic N) is 1. The van der Waals surface area contributed by atoms with Crippen LogP contribution in [0.25, 0.3) is 0 Å². The minimum Gasteiger partial charge on any atom is -0.469 e. The predicted molar refractivity (Wildman–Crippen MR) is 80.5 cm³/mol. The molecule has 1 atom stereocenters. The summed E-state index contributed by atoms with van der Waals surface area (Å²) in [5, 5.41) is 0. The Balaban J connectivity index is 1.93. The van der Waals surface area contributed by atoms with E-state index in [1.165, 1.54) is 7.11 Å². The van der Waals surface area contributed by atoms with Gasteiger partial charge in [-0.05, 0) is 57.4 Å². The lowest BCUT2D eigenvalue weighted by Gasteiger charge is -2.39. The number of piperidine rings is 1. The average Bonchev–Trinajstić information content (AvgIpc) is 2.54. The highest BCUT2D eigenvalue weighted by Gasteiger charge is 2.34. The van der Waals surface area contributed by atoms with Gasteiger partial charge >= 0.3 is 5.97 Å². The summed E-state index contributed by atoms with van der Waals surface area (Å²) in [5.41, 5.74) is 5.71. The maximum absolute atomic E-state index is 12.8. The molecule has 1 unspecified atom stereocenters. The number of hydrogen-bond acceptors (Lipinski definition) is 4. The molecule has 0 bridgehead atoms. The van der Waals surface area contributed by atoms with Gasteiger partial charge in [0.15, 0.2) is 0 Å². The van der Waals surface area contributed by atoms with Crippen LogP contribution in [0.4, 0.5) is 0 Å². The van der Waals surface area contributed by atoms with Crippen LogP contribution >= 0.6 is 0 Å². The fourth-order valence-corrected chi connectivity index (χ4v) is 3.66. The second kappa shape index (κ2) is 7.78. The third-order valence-electron chi connectivity index (χ3n) is 5.07. The first-order chi connectivity index (χ1) is 10.2. The summed E-state index contributed by atoms with van der Waals surface area (Å²) in [5.74, 6) is 0.748. The number of nitrogens with two attached hydrogens (primary N) is 1. The first-order valence-corrected chi connectivity index (χ1v) is 8.23. The van der Waals surface area contributed by atoms with E-state index in [1.54, 1.807) is 0 Å². The van der Waals surface area contributed by atoms with Crippen LogP contribution < -0.4 is 5.73 Å². The van der Waals surface area contributed by atoms with Gasteiger partial charge in [0.1, 0.15) is 0 Å². The SMILES string of the molecule is COC(=O)CC1CCCCN1C(=O)C1CCC(CN)CC1. The van der Waals surface area contributed by atoms with Gasteiger partial charge in [0.2, 0.25) is 5.91 Å². The minimum atomic E-state index is -0.216. The molecule has 0 aromatic heterocycles. The number of carbonyl (C=O) groups is 2. The molecule has 1 saturated heterocycles. The van der Waals surface area contributed by atoms with Crippen molar-refractivity contribution in [3.63, 3.8) is 0 Å². The minimum absolute atomic E-state index is 0.0333. The maximum atomic E-state index is 12.8. The zero-order valence-corrected chi connectivity index (χ0v) is 13.1. The lowest BCUT2D eigenvalue weighted by Crippen LogP contribution is -2.48. The second-order valence-corrected chi connectivity index (χ2v) is 6.41. The van der Waals surface area contributed by atoms with Crippen LogP contribution in [0.1, 0.15) is 51.4 Å². The van der Waals surface area contributed by atoms with Crippen molar-refractivity contribution in [3.8, 4) is 0 Å². The summed E-state index contributed by atoms with van der Waals surface area (Å²) in [4.78, 5) is 26.3. The van der Waals surface area contributed by atoms with Crippen molar-refractivity contribution in [2.75, 3.05) is 20.2 Å². The van der Waals surface area contributed by atoms with Crippen molar-refractivity contribution >= 4 is 11.9 Å². The Hall–Kier alpha value is -1.10. The molecule has 1 aliphatic carbocycles. The Labute approximate surface area is 127 Å². The van der Waals surface area contributed by atoms with E-state index in [0.717, 1.165) is 58.0 Å². The van der Waals surface area contributed by atoms with E-state index in [4.69, 9.17) is 10.5 Å². The number of ether oxygens (including phenoxy) is 1. The molecule has 1 aliphatic heterocycles. The van der Waals surface area contributed by atoms with Crippen molar-refractivity contribution in [1.82, 2.24) is 4.90 Å². The lowest BCUT2D eigenvalue weighted by atomic mass is 9.81. The standard InChI is InChI=1S/C16H28N2O3/c1-21-15(19)10-14-4-2-3-9-18(14)16(20)13-7-5-12(11-17)6-8-13/h12-14H,2-11,17H2,1H3. The molecule has 21 heavy (non-hydrogen) atoms. The van der Waals surface area contributed by atoms with Gasteiger partial charge in [-0.25, -0.2) is 0 Å². The molecule has 2 fully saturated rings. The number of likely N-dealkylation sites (tertiary alicyclic amines) is 1. The molecular formula is C16H28N2O3. The highest BCUT2D eigenvalue weighted by Crippen LogP contribution is 2.31.